The number of carbonyl (C=O) groups is 2. The summed E-state index contributed by atoms with van der Waals surface area (Å²) >= 11 is 1.35. The minimum atomic E-state index is -0.698. The van der Waals surface area contributed by atoms with Crippen molar-refractivity contribution in [2.75, 3.05) is 5.32 Å². The Bertz CT molecular complexity index is 1240. The van der Waals surface area contributed by atoms with Gasteiger partial charge in [-0.3, -0.25) is 9.59 Å². The highest BCUT2D eigenvalue weighted by molar-refractivity contribution is 7.12. The summed E-state index contributed by atoms with van der Waals surface area (Å²) in [6.07, 6.45) is 5.92. The summed E-state index contributed by atoms with van der Waals surface area (Å²) in [6, 6.07) is 20.3. The van der Waals surface area contributed by atoms with Gasteiger partial charge in [0, 0.05) is 36.8 Å². The number of hydrogen-bond acceptors (Lipinski definition) is 4. The summed E-state index contributed by atoms with van der Waals surface area (Å²) in [5.74, 6) is 0.646. The number of benzene rings is 2. The molecule has 7 heteroatoms. The zero-order chi connectivity index (χ0) is 23.3. The lowest BCUT2D eigenvalue weighted by Crippen LogP contribution is -2.45. The fourth-order valence-electron chi connectivity index (χ4n) is 4.20. The third-order valence-electron chi connectivity index (χ3n) is 6.01. The third-order valence-corrected chi connectivity index (χ3v) is 6.87. The van der Waals surface area contributed by atoms with E-state index in [4.69, 9.17) is 4.98 Å². The van der Waals surface area contributed by atoms with Crippen molar-refractivity contribution in [2.24, 2.45) is 0 Å². The monoisotopic (exact) mass is 470 g/mol. The van der Waals surface area contributed by atoms with E-state index in [1.807, 2.05) is 66.0 Å². The molecule has 172 valence electrons. The highest BCUT2D eigenvalue weighted by atomic mass is 32.1. The van der Waals surface area contributed by atoms with Gasteiger partial charge in [-0.15, -0.1) is 11.3 Å². The SMILES string of the molecule is O=C(NC(Cc1ccccc1)C(=O)Nc1ccc(-c2cn3c(n2)CCCC3)cc1)c1cccs1. The molecule has 34 heavy (non-hydrogen) atoms. The van der Waals surface area contributed by atoms with Crippen LogP contribution in [-0.2, 0) is 24.2 Å². The van der Waals surface area contributed by atoms with E-state index in [2.05, 4.69) is 21.4 Å². The van der Waals surface area contributed by atoms with Crippen molar-refractivity contribution in [1.29, 1.82) is 0 Å². The average molecular weight is 471 g/mol. The number of carbonyl (C=O) groups excluding carboxylic acids is 2. The largest absolute Gasteiger partial charge is 0.339 e. The van der Waals surface area contributed by atoms with Gasteiger partial charge in [0.15, 0.2) is 0 Å². The van der Waals surface area contributed by atoms with Crippen LogP contribution in [0.15, 0.2) is 78.3 Å². The molecule has 1 aliphatic rings. The maximum atomic E-state index is 13.2. The number of hydrogen-bond donors (Lipinski definition) is 2. The molecule has 2 amide bonds. The third kappa shape index (κ3) is 5.10. The molecule has 0 aliphatic carbocycles. The minimum Gasteiger partial charge on any atom is -0.339 e. The van der Waals surface area contributed by atoms with Gasteiger partial charge in [0.2, 0.25) is 5.91 Å². The van der Waals surface area contributed by atoms with E-state index in [1.54, 1.807) is 6.07 Å². The van der Waals surface area contributed by atoms with E-state index in [1.165, 1.54) is 24.2 Å². The summed E-state index contributed by atoms with van der Waals surface area (Å²) in [4.78, 5) is 31.2. The van der Waals surface area contributed by atoms with Gasteiger partial charge in [-0.2, -0.15) is 0 Å². The molecule has 5 rings (SSSR count). The summed E-state index contributed by atoms with van der Waals surface area (Å²) in [5, 5.41) is 7.71. The molecule has 2 aromatic heterocycles. The molecule has 1 unspecified atom stereocenters. The van der Waals surface area contributed by atoms with Crippen molar-refractivity contribution in [1.82, 2.24) is 14.9 Å². The highest BCUT2D eigenvalue weighted by Crippen LogP contribution is 2.24. The van der Waals surface area contributed by atoms with E-state index in [0.717, 1.165) is 35.6 Å². The van der Waals surface area contributed by atoms with Crippen LogP contribution in [0.2, 0.25) is 0 Å². The lowest BCUT2D eigenvalue weighted by atomic mass is 10.0. The fraction of sp³-hybridized carbons (Fsp3) is 0.222. The molecule has 1 atom stereocenters. The molecule has 0 radical (unpaired) electrons. The van der Waals surface area contributed by atoms with Crippen LogP contribution in [0.25, 0.3) is 11.3 Å². The Labute approximate surface area is 202 Å². The van der Waals surface area contributed by atoms with E-state index >= 15 is 0 Å². The van der Waals surface area contributed by atoms with E-state index in [9.17, 15) is 9.59 Å². The van der Waals surface area contributed by atoms with E-state index in [0.29, 0.717) is 17.0 Å². The number of amides is 2. The first-order chi connectivity index (χ1) is 16.7. The van der Waals surface area contributed by atoms with E-state index in [-0.39, 0.29) is 11.8 Å². The molecular weight excluding hydrogens is 444 g/mol. The van der Waals surface area contributed by atoms with Gasteiger partial charge in [0.1, 0.15) is 11.9 Å². The summed E-state index contributed by atoms with van der Waals surface area (Å²) < 4.78 is 2.24. The molecule has 2 aromatic carbocycles. The van der Waals surface area contributed by atoms with Crippen molar-refractivity contribution in [3.63, 3.8) is 0 Å². The Morgan fingerprint density at radius 3 is 2.56 bits per heavy atom. The molecule has 3 heterocycles. The molecule has 0 spiro atoms. The maximum absolute atomic E-state index is 13.2. The second-order valence-corrected chi connectivity index (χ2v) is 9.40. The van der Waals surface area contributed by atoms with Crippen LogP contribution in [0, 0.1) is 0 Å². The molecule has 1 aliphatic heterocycles. The molecule has 4 aromatic rings. The lowest BCUT2D eigenvalue weighted by Gasteiger charge is -2.18. The van der Waals surface area contributed by atoms with Crippen LogP contribution in [0.4, 0.5) is 5.69 Å². The first-order valence-electron chi connectivity index (χ1n) is 11.5. The van der Waals surface area contributed by atoms with Gasteiger partial charge in [-0.25, -0.2) is 4.98 Å². The number of imidazole rings is 1. The number of aromatic nitrogens is 2. The van der Waals surface area contributed by atoms with Crippen LogP contribution in [0.1, 0.15) is 33.9 Å². The van der Waals surface area contributed by atoms with Crippen LogP contribution in [0.3, 0.4) is 0 Å². The van der Waals surface area contributed by atoms with Crippen LogP contribution in [0.5, 0.6) is 0 Å². The van der Waals surface area contributed by atoms with Crippen molar-refractivity contribution >= 4 is 28.8 Å². The lowest BCUT2D eigenvalue weighted by molar-refractivity contribution is -0.118. The minimum absolute atomic E-state index is 0.245. The maximum Gasteiger partial charge on any atom is 0.262 e. The van der Waals surface area contributed by atoms with Crippen LogP contribution in [-0.4, -0.2) is 27.4 Å². The zero-order valence-corrected chi connectivity index (χ0v) is 19.6. The number of nitrogens with zero attached hydrogens (tertiary/aromatic N) is 2. The topological polar surface area (TPSA) is 76.0 Å². The predicted octanol–water partition coefficient (Wildman–Crippen LogP) is 4.93. The molecule has 0 saturated carbocycles. The number of anilines is 1. The quantitative estimate of drug-likeness (QED) is 0.402. The molecule has 6 nitrogen and oxygen atoms in total. The summed E-state index contributed by atoms with van der Waals surface area (Å²) in [6.45, 7) is 1.02. The fourth-order valence-corrected chi connectivity index (χ4v) is 4.83. The van der Waals surface area contributed by atoms with Crippen molar-refractivity contribution in [2.45, 2.75) is 38.3 Å². The molecule has 2 N–H and O–H groups in total. The number of thiophene rings is 1. The summed E-state index contributed by atoms with van der Waals surface area (Å²) in [5.41, 5.74) is 3.64. The molecule has 0 saturated heterocycles. The predicted molar refractivity (Wildman–Crippen MR) is 135 cm³/mol. The standard InChI is InChI=1S/C27H26N4O2S/c32-26(22(17-19-7-2-1-3-8-19)30-27(33)24-9-6-16-34-24)28-21-13-11-20(12-14-21)23-18-31-15-5-4-10-25(31)29-23/h1-3,6-9,11-14,16,18,22H,4-5,10,15,17H2,(H,28,32)(H,30,33). The molecule has 0 fully saturated rings. The van der Waals surface area contributed by atoms with Crippen LogP contribution < -0.4 is 10.6 Å². The van der Waals surface area contributed by atoms with Gasteiger partial charge >= 0.3 is 0 Å². The van der Waals surface area contributed by atoms with Gasteiger partial charge in [0.25, 0.3) is 5.91 Å². The van der Waals surface area contributed by atoms with Crippen LogP contribution >= 0.6 is 11.3 Å². The highest BCUT2D eigenvalue weighted by Gasteiger charge is 2.23. The van der Waals surface area contributed by atoms with E-state index < -0.39 is 6.04 Å². The summed E-state index contributed by atoms with van der Waals surface area (Å²) in [7, 11) is 0. The Morgan fingerprint density at radius 1 is 1.00 bits per heavy atom. The number of aryl methyl sites for hydroxylation is 2. The normalized spacial score (nSPS) is 13.6. The Kier molecular flexibility index (Phi) is 6.53. The zero-order valence-electron chi connectivity index (χ0n) is 18.7. The Hall–Kier alpha value is -3.71. The Morgan fingerprint density at radius 2 is 1.82 bits per heavy atom. The van der Waals surface area contributed by atoms with Crippen molar-refractivity contribution in [3.8, 4) is 11.3 Å². The van der Waals surface area contributed by atoms with Crippen molar-refractivity contribution < 1.29 is 9.59 Å². The van der Waals surface area contributed by atoms with Gasteiger partial charge in [-0.1, -0.05) is 48.5 Å². The van der Waals surface area contributed by atoms with Crippen molar-refractivity contribution in [3.05, 3.63) is 94.6 Å². The number of fused-ring (bicyclic) bond motifs is 1. The first-order valence-corrected chi connectivity index (χ1v) is 12.4. The molecular formula is C27H26N4O2S. The second-order valence-electron chi connectivity index (χ2n) is 8.45. The van der Waals surface area contributed by atoms with Gasteiger partial charge < -0.3 is 15.2 Å². The van der Waals surface area contributed by atoms with Gasteiger partial charge in [-0.05, 0) is 42.0 Å². The Balaban J connectivity index is 1.30. The second kappa shape index (κ2) is 10.1. The smallest absolute Gasteiger partial charge is 0.262 e. The number of rotatable bonds is 7. The number of nitrogens with one attached hydrogen (secondary N) is 2. The van der Waals surface area contributed by atoms with Gasteiger partial charge in [0.05, 0.1) is 10.6 Å². The average Bonchev–Trinajstić information content (AvgIpc) is 3.55. The molecule has 0 bridgehead atoms. The first kappa shape index (κ1) is 22.1.